The third kappa shape index (κ3) is 2.58. The highest BCUT2D eigenvalue weighted by Gasteiger charge is 2.56. The molecule has 7 heteroatoms. The quantitative estimate of drug-likeness (QED) is 0.778. The molecule has 2 atom stereocenters. The third-order valence-electron chi connectivity index (χ3n) is 5.74. The predicted molar refractivity (Wildman–Crippen MR) is 107 cm³/mol. The zero-order valence-electron chi connectivity index (χ0n) is 17.0. The van der Waals surface area contributed by atoms with Crippen LogP contribution >= 0.6 is 0 Å². The summed E-state index contributed by atoms with van der Waals surface area (Å²) in [6.45, 7) is 4.11. The number of ketones is 1. The first kappa shape index (κ1) is 18.8. The van der Waals surface area contributed by atoms with Gasteiger partial charge >= 0.3 is 0 Å². The van der Waals surface area contributed by atoms with E-state index in [1.54, 1.807) is 31.4 Å². The first-order chi connectivity index (χ1) is 14.4. The molecule has 0 aliphatic carbocycles. The summed E-state index contributed by atoms with van der Waals surface area (Å²) in [4.78, 5) is 13.6. The van der Waals surface area contributed by atoms with Gasteiger partial charge in [-0.15, -0.1) is 0 Å². The minimum Gasteiger partial charge on any atom is -0.496 e. The maximum atomic E-state index is 13.6. The van der Waals surface area contributed by atoms with Gasteiger partial charge in [0.1, 0.15) is 23.9 Å². The molecule has 0 aromatic heterocycles. The Hall–Kier alpha value is -3.19. The Balaban J connectivity index is 1.65. The molecule has 0 unspecified atom stereocenters. The summed E-state index contributed by atoms with van der Waals surface area (Å²) in [5, 5.41) is 11.6. The van der Waals surface area contributed by atoms with Gasteiger partial charge in [0, 0.05) is 17.2 Å². The zero-order valence-corrected chi connectivity index (χ0v) is 17.0. The number of hydrogen-bond acceptors (Lipinski definition) is 7. The fourth-order valence-corrected chi connectivity index (χ4v) is 4.15. The van der Waals surface area contributed by atoms with Gasteiger partial charge in [0.2, 0.25) is 12.6 Å². The highest BCUT2D eigenvalue weighted by Crippen LogP contribution is 2.51. The average molecular weight is 410 g/mol. The van der Waals surface area contributed by atoms with Crippen molar-refractivity contribution in [2.45, 2.75) is 32.0 Å². The van der Waals surface area contributed by atoms with Crippen molar-refractivity contribution in [2.75, 3.05) is 20.5 Å². The van der Waals surface area contributed by atoms with Gasteiger partial charge in [-0.2, -0.15) is 0 Å². The van der Waals surface area contributed by atoms with Gasteiger partial charge in [0.15, 0.2) is 23.2 Å². The van der Waals surface area contributed by atoms with Gasteiger partial charge in [-0.3, -0.25) is 4.79 Å². The molecule has 3 heterocycles. The van der Waals surface area contributed by atoms with Crippen LogP contribution in [0.15, 0.2) is 35.9 Å². The summed E-state index contributed by atoms with van der Waals surface area (Å²) in [6.07, 6.45) is 1.69. The van der Waals surface area contributed by atoms with Gasteiger partial charge < -0.3 is 28.8 Å². The Kier molecular flexibility index (Phi) is 4.18. The highest BCUT2D eigenvalue weighted by atomic mass is 16.7. The minimum absolute atomic E-state index is 0.0214. The van der Waals surface area contributed by atoms with Crippen LogP contribution in [0.2, 0.25) is 0 Å². The standard InChI is InChI=1S/C23H22O7/c1-12(2)4-5-13-16(26-3)7-6-14-21(13)30-20-10-27-17-9-19-18(28-11-29-19)8-15(17)23(20,25)22(14)24/h4,6-9,20,25H,5,10-11H2,1-3H3/t20-,23+/m1/s1. The summed E-state index contributed by atoms with van der Waals surface area (Å²) >= 11 is 0. The van der Waals surface area contributed by atoms with Crippen molar-refractivity contribution in [2.24, 2.45) is 0 Å². The minimum atomic E-state index is -1.88. The molecule has 0 spiro atoms. The second-order valence-electron chi connectivity index (χ2n) is 7.82. The molecule has 1 N–H and O–H groups in total. The number of rotatable bonds is 3. The third-order valence-corrected chi connectivity index (χ3v) is 5.74. The van der Waals surface area contributed by atoms with E-state index in [-0.39, 0.29) is 13.4 Å². The second kappa shape index (κ2) is 6.67. The number of allylic oxidation sites excluding steroid dienone is 2. The van der Waals surface area contributed by atoms with Crippen LogP contribution in [0.4, 0.5) is 0 Å². The summed E-state index contributed by atoms with van der Waals surface area (Å²) in [5.74, 6) is 2.00. The summed E-state index contributed by atoms with van der Waals surface area (Å²) in [5.41, 5.74) is 0.657. The number of ether oxygens (including phenoxy) is 5. The van der Waals surface area contributed by atoms with E-state index < -0.39 is 17.5 Å². The molecular formula is C23H22O7. The van der Waals surface area contributed by atoms with Gasteiger partial charge in [0.25, 0.3) is 0 Å². The summed E-state index contributed by atoms with van der Waals surface area (Å²) < 4.78 is 28.4. The second-order valence-corrected chi connectivity index (χ2v) is 7.82. The fraction of sp³-hybridized carbons (Fsp3) is 0.348. The van der Waals surface area contributed by atoms with Crippen molar-refractivity contribution in [3.8, 4) is 28.7 Å². The maximum Gasteiger partial charge on any atom is 0.231 e. The Labute approximate surface area is 173 Å². The zero-order chi connectivity index (χ0) is 21.0. The number of fused-ring (bicyclic) bond motifs is 5. The van der Waals surface area contributed by atoms with Crippen LogP contribution in [-0.4, -0.2) is 37.5 Å². The van der Waals surface area contributed by atoms with Gasteiger partial charge in [-0.05, 0) is 38.5 Å². The number of hydrogen-bond donors (Lipinski definition) is 1. The molecule has 30 heavy (non-hydrogen) atoms. The van der Waals surface area contributed by atoms with Crippen molar-refractivity contribution in [3.63, 3.8) is 0 Å². The fourth-order valence-electron chi connectivity index (χ4n) is 4.15. The Bertz CT molecular complexity index is 1080. The average Bonchev–Trinajstić information content (AvgIpc) is 3.19. The molecule has 5 rings (SSSR count). The predicted octanol–water partition coefficient (Wildman–Crippen LogP) is 3.16. The lowest BCUT2D eigenvalue weighted by molar-refractivity contribution is -0.0802. The molecule has 3 aliphatic rings. The van der Waals surface area contributed by atoms with Crippen LogP contribution in [0.25, 0.3) is 0 Å². The van der Waals surface area contributed by atoms with Gasteiger partial charge in [-0.1, -0.05) is 11.6 Å². The van der Waals surface area contributed by atoms with Gasteiger partial charge in [0.05, 0.1) is 12.7 Å². The van der Waals surface area contributed by atoms with Crippen molar-refractivity contribution < 1.29 is 33.6 Å². The van der Waals surface area contributed by atoms with Crippen LogP contribution in [0.3, 0.4) is 0 Å². The van der Waals surface area contributed by atoms with E-state index in [0.717, 1.165) is 11.1 Å². The monoisotopic (exact) mass is 410 g/mol. The van der Waals surface area contributed by atoms with E-state index in [2.05, 4.69) is 0 Å². The highest BCUT2D eigenvalue weighted by molar-refractivity contribution is 6.07. The molecule has 0 fully saturated rings. The van der Waals surface area contributed by atoms with Crippen LogP contribution in [0.5, 0.6) is 28.7 Å². The molecule has 0 radical (unpaired) electrons. The van der Waals surface area contributed by atoms with Gasteiger partial charge in [-0.25, -0.2) is 0 Å². The van der Waals surface area contributed by atoms with Crippen LogP contribution in [0.1, 0.15) is 35.3 Å². The number of Topliss-reactive ketones (excluding diaryl/α,β-unsaturated/α-hetero) is 1. The lowest BCUT2D eigenvalue weighted by atomic mass is 9.77. The summed E-state index contributed by atoms with van der Waals surface area (Å²) in [6, 6.07) is 6.61. The molecule has 2 aromatic carbocycles. The van der Waals surface area contributed by atoms with E-state index >= 15 is 0 Å². The summed E-state index contributed by atoms with van der Waals surface area (Å²) in [7, 11) is 1.58. The molecule has 0 saturated carbocycles. The van der Waals surface area contributed by atoms with Crippen LogP contribution in [-0.2, 0) is 12.0 Å². The topological polar surface area (TPSA) is 83.5 Å². The largest absolute Gasteiger partial charge is 0.496 e. The molecule has 7 nitrogen and oxygen atoms in total. The number of methoxy groups -OCH3 is 1. The number of benzene rings is 2. The molecule has 3 aliphatic heterocycles. The number of carbonyl (C=O) groups excluding carboxylic acids is 1. The normalized spacial score (nSPS) is 22.8. The number of aliphatic hydroxyl groups is 1. The van der Waals surface area contributed by atoms with E-state index in [4.69, 9.17) is 23.7 Å². The Morgan fingerprint density at radius 1 is 1.20 bits per heavy atom. The Morgan fingerprint density at radius 2 is 1.97 bits per heavy atom. The molecule has 2 aromatic rings. The molecule has 156 valence electrons. The van der Waals surface area contributed by atoms with Crippen molar-refractivity contribution in [1.29, 1.82) is 0 Å². The smallest absolute Gasteiger partial charge is 0.231 e. The van der Waals surface area contributed by atoms with Crippen molar-refractivity contribution in [3.05, 3.63) is 52.6 Å². The number of carbonyl (C=O) groups is 1. The molecule has 0 bridgehead atoms. The SMILES string of the molecule is COc1ccc2c(c1CC=C(C)C)O[C@@H]1COc3cc4c(cc3[C@@]1(O)C2=O)OCO4. The van der Waals surface area contributed by atoms with Crippen molar-refractivity contribution >= 4 is 5.78 Å². The lowest BCUT2D eigenvalue weighted by Gasteiger charge is -2.43. The van der Waals surface area contributed by atoms with Crippen LogP contribution in [0, 0.1) is 0 Å². The molecule has 0 amide bonds. The van der Waals surface area contributed by atoms with E-state index in [1.165, 1.54) is 0 Å². The Morgan fingerprint density at radius 3 is 2.70 bits per heavy atom. The van der Waals surface area contributed by atoms with Crippen LogP contribution < -0.4 is 23.7 Å². The first-order valence-electron chi connectivity index (χ1n) is 9.77. The maximum absolute atomic E-state index is 13.6. The van der Waals surface area contributed by atoms with E-state index in [9.17, 15) is 9.90 Å². The molecular weight excluding hydrogens is 388 g/mol. The van der Waals surface area contributed by atoms with Crippen molar-refractivity contribution in [1.82, 2.24) is 0 Å². The van der Waals surface area contributed by atoms with E-state index in [1.807, 2.05) is 19.9 Å². The van der Waals surface area contributed by atoms with E-state index in [0.29, 0.717) is 46.3 Å². The molecule has 0 saturated heterocycles. The first-order valence-corrected chi connectivity index (χ1v) is 9.77. The lowest BCUT2D eigenvalue weighted by Crippen LogP contribution is -2.57.